The summed E-state index contributed by atoms with van der Waals surface area (Å²) in [7, 11) is 0. The summed E-state index contributed by atoms with van der Waals surface area (Å²) < 4.78 is 6.90. The van der Waals surface area contributed by atoms with Crippen molar-refractivity contribution >= 4 is 24.1 Å². The monoisotopic (exact) mass is 384 g/mol. The maximum atomic E-state index is 12.7. The van der Waals surface area contributed by atoms with Crippen LogP contribution in [0.4, 0.5) is 0 Å². The average molecular weight is 384 g/mol. The van der Waals surface area contributed by atoms with Crippen LogP contribution < -0.4 is 0 Å². The molecule has 2 aromatic carbocycles. The second-order valence-corrected chi connectivity index (χ2v) is 7.12. The van der Waals surface area contributed by atoms with E-state index < -0.39 is 0 Å². The largest absolute Gasteiger partial charge is 0.381 e. The summed E-state index contributed by atoms with van der Waals surface area (Å²) in [6.07, 6.45) is 10.9. The minimum absolute atomic E-state index is 0.133. The van der Waals surface area contributed by atoms with Crippen LogP contribution in [0, 0.1) is 0 Å². The van der Waals surface area contributed by atoms with Gasteiger partial charge in [0.05, 0.1) is 12.3 Å². The molecule has 0 atom stereocenters. The number of aromatic nitrogens is 2. The predicted octanol–water partition coefficient (Wildman–Crippen LogP) is 5.33. The highest BCUT2D eigenvalue weighted by atomic mass is 16.5. The molecule has 29 heavy (non-hydrogen) atoms. The van der Waals surface area contributed by atoms with E-state index in [1.807, 2.05) is 72.8 Å². The second kappa shape index (κ2) is 9.30. The molecule has 0 unspecified atom stereocenters. The highest BCUT2D eigenvalue weighted by molar-refractivity contribution is 5.95. The minimum Gasteiger partial charge on any atom is -0.381 e. The molecule has 1 fully saturated rings. The SMILES string of the molecule is O=C(c1ccc(C=C2CCCOCC2)cc1)n1ccc(C=Cc2ccccc2)n1. The van der Waals surface area contributed by atoms with Gasteiger partial charge in [-0.05, 0) is 54.7 Å². The molecule has 1 aliphatic rings. The van der Waals surface area contributed by atoms with Crippen LogP contribution in [0.15, 0.2) is 72.4 Å². The fourth-order valence-corrected chi connectivity index (χ4v) is 3.35. The first kappa shape index (κ1) is 19.1. The van der Waals surface area contributed by atoms with Gasteiger partial charge in [-0.1, -0.05) is 60.2 Å². The molecular formula is C25H24N2O2. The van der Waals surface area contributed by atoms with E-state index in [9.17, 15) is 4.79 Å². The van der Waals surface area contributed by atoms with Gasteiger partial charge in [0.15, 0.2) is 0 Å². The quantitative estimate of drug-likeness (QED) is 0.611. The van der Waals surface area contributed by atoms with Crippen LogP contribution in [-0.4, -0.2) is 28.9 Å². The summed E-state index contributed by atoms with van der Waals surface area (Å²) >= 11 is 0. The van der Waals surface area contributed by atoms with E-state index in [0.717, 1.165) is 49.3 Å². The Bertz CT molecular complexity index is 1000. The van der Waals surface area contributed by atoms with Gasteiger partial charge in [0.2, 0.25) is 0 Å². The fourth-order valence-electron chi connectivity index (χ4n) is 3.35. The molecule has 0 N–H and O–H groups in total. The van der Waals surface area contributed by atoms with Gasteiger partial charge < -0.3 is 4.74 Å². The van der Waals surface area contributed by atoms with Gasteiger partial charge >= 0.3 is 0 Å². The topological polar surface area (TPSA) is 44.1 Å². The van der Waals surface area contributed by atoms with Crippen LogP contribution in [0.25, 0.3) is 18.2 Å². The van der Waals surface area contributed by atoms with E-state index in [1.54, 1.807) is 6.20 Å². The maximum absolute atomic E-state index is 12.7. The van der Waals surface area contributed by atoms with E-state index in [1.165, 1.54) is 10.3 Å². The molecule has 1 saturated heterocycles. The number of benzene rings is 2. The minimum atomic E-state index is -0.133. The Morgan fingerprint density at radius 1 is 0.897 bits per heavy atom. The summed E-state index contributed by atoms with van der Waals surface area (Å²) in [5.41, 5.74) is 4.99. The zero-order valence-electron chi connectivity index (χ0n) is 16.3. The van der Waals surface area contributed by atoms with E-state index in [2.05, 4.69) is 11.2 Å². The van der Waals surface area contributed by atoms with Crippen LogP contribution in [-0.2, 0) is 4.74 Å². The highest BCUT2D eigenvalue weighted by Crippen LogP contribution is 2.19. The van der Waals surface area contributed by atoms with Crippen molar-refractivity contribution in [1.82, 2.24) is 9.78 Å². The van der Waals surface area contributed by atoms with Gasteiger partial charge in [0.1, 0.15) is 0 Å². The molecule has 4 rings (SSSR count). The third-order valence-electron chi connectivity index (χ3n) is 4.95. The second-order valence-electron chi connectivity index (χ2n) is 7.12. The van der Waals surface area contributed by atoms with E-state index in [0.29, 0.717) is 5.56 Å². The summed E-state index contributed by atoms with van der Waals surface area (Å²) in [6.45, 7) is 1.64. The lowest BCUT2D eigenvalue weighted by Gasteiger charge is -2.04. The summed E-state index contributed by atoms with van der Waals surface area (Å²) in [5, 5.41) is 4.38. The first-order valence-electron chi connectivity index (χ1n) is 9.99. The Hall–Kier alpha value is -3.24. The summed E-state index contributed by atoms with van der Waals surface area (Å²) in [4.78, 5) is 12.7. The lowest BCUT2D eigenvalue weighted by Crippen LogP contribution is -2.12. The van der Waals surface area contributed by atoms with Crippen molar-refractivity contribution in [1.29, 1.82) is 0 Å². The van der Waals surface area contributed by atoms with Crippen LogP contribution in [0.1, 0.15) is 46.4 Å². The highest BCUT2D eigenvalue weighted by Gasteiger charge is 2.10. The van der Waals surface area contributed by atoms with Crippen LogP contribution in [0.2, 0.25) is 0 Å². The molecule has 0 amide bonds. The molecular weight excluding hydrogens is 360 g/mol. The Balaban J connectivity index is 1.44. The average Bonchev–Trinajstić information content (AvgIpc) is 3.10. The molecule has 0 spiro atoms. The zero-order chi connectivity index (χ0) is 19.9. The van der Waals surface area contributed by atoms with Crippen molar-refractivity contribution in [3.05, 3.63) is 94.8 Å². The van der Waals surface area contributed by atoms with E-state index in [-0.39, 0.29) is 5.91 Å². The van der Waals surface area contributed by atoms with Gasteiger partial charge in [0, 0.05) is 18.4 Å². The molecule has 0 saturated carbocycles. The molecule has 2 heterocycles. The van der Waals surface area contributed by atoms with Crippen molar-refractivity contribution < 1.29 is 9.53 Å². The number of hydrogen-bond acceptors (Lipinski definition) is 3. The van der Waals surface area contributed by atoms with Crippen molar-refractivity contribution in [2.45, 2.75) is 19.3 Å². The molecule has 146 valence electrons. The van der Waals surface area contributed by atoms with Gasteiger partial charge in [-0.3, -0.25) is 4.79 Å². The Labute approximate surface area is 171 Å². The predicted molar refractivity (Wildman–Crippen MR) is 116 cm³/mol. The molecule has 4 heteroatoms. The standard InChI is InChI=1S/C25H24N2O2/c28-25(27-16-14-24(26-27)13-10-20-5-2-1-3-6-20)23-11-8-22(9-12-23)19-21-7-4-17-29-18-15-21/h1-3,5-6,8-14,16,19H,4,7,15,17-18H2. The third-order valence-corrected chi connectivity index (χ3v) is 4.95. The normalized spacial score (nSPS) is 16.2. The fraction of sp³-hybridized carbons (Fsp3) is 0.200. The summed E-state index contributed by atoms with van der Waals surface area (Å²) in [5.74, 6) is -0.133. The van der Waals surface area contributed by atoms with Gasteiger partial charge in [-0.25, -0.2) is 4.68 Å². The van der Waals surface area contributed by atoms with Crippen molar-refractivity contribution in [2.24, 2.45) is 0 Å². The number of carbonyl (C=O) groups is 1. The Morgan fingerprint density at radius 3 is 2.55 bits per heavy atom. The van der Waals surface area contributed by atoms with Gasteiger partial charge in [-0.2, -0.15) is 5.10 Å². The number of carbonyl (C=O) groups excluding carboxylic acids is 1. The zero-order valence-corrected chi connectivity index (χ0v) is 16.3. The third kappa shape index (κ3) is 5.18. The van der Waals surface area contributed by atoms with Crippen LogP contribution >= 0.6 is 0 Å². The van der Waals surface area contributed by atoms with Gasteiger partial charge in [-0.15, -0.1) is 0 Å². The number of ether oxygens (including phenoxy) is 1. The number of hydrogen-bond donors (Lipinski definition) is 0. The van der Waals surface area contributed by atoms with Crippen molar-refractivity contribution in [3.8, 4) is 0 Å². The van der Waals surface area contributed by atoms with Crippen molar-refractivity contribution in [2.75, 3.05) is 13.2 Å². The molecule has 1 aliphatic heterocycles. The first-order valence-corrected chi connectivity index (χ1v) is 9.99. The lowest BCUT2D eigenvalue weighted by atomic mass is 10.0. The van der Waals surface area contributed by atoms with Gasteiger partial charge in [0.25, 0.3) is 5.91 Å². The molecule has 0 radical (unpaired) electrons. The van der Waals surface area contributed by atoms with Crippen LogP contribution in [0.3, 0.4) is 0 Å². The van der Waals surface area contributed by atoms with Crippen molar-refractivity contribution in [3.63, 3.8) is 0 Å². The number of rotatable bonds is 4. The summed E-state index contributed by atoms with van der Waals surface area (Å²) in [6, 6.07) is 19.6. The first-order chi connectivity index (χ1) is 14.3. The molecule has 0 aliphatic carbocycles. The lowest BCUT2D eigenvalue weighted by molar-refractivity contribution is 0.0945. The molecule has 0 bridgehead atoms. The molecule has 3 aromatic rings. The molecule has 4 nitrogen and oxygen atoms in total. The van der Waals surface area contributed by atoms with E-state index in [4.69, 9.17) is 4.74 Å². The van der Waals surface area contributed by atoms with Crippen LogP contribution in [0.5, 0.6) is 0 Å². The van der Waals surface area contributed by atoms with E-state index >= 15 is 0 Å². The number of nitrogens with zero attached hydrogens (tertiary/aromatic N) is 2. The molecule has 1 aromatic heterocycles. The smallest absolute Gasteiger partial charge is 0.278 e. The Morgan fingerprint density at radius 2 is 1.72 bits per heavy atom. The Kier molecular flexibility index (Phi) is 6.13. The maximum Gasteiger partial charge on any atom is 0.278 e.